The van der Waals surface area contributed by atoms with Crippen LogP contribution < -0.4 is 20.3 Å². The summed E-state index contributed by atoms with van der Waals surface area (Å²) >= 11 is 3.39. The highest BCUT2D eigenvalue weighted by Crippen LogP contribution is 2.34. The molecule has 11 heteroatoms. The van der Waals surface area contributed by atoms with Gasteiger partial charge in [-0.15, -0.1) is 0 Å². The molecule has 0 atom stereocenters. The molecule has 178 valence electrons. The molecule has 0 radical (unpaired) electrons. The minimum atomic E-state index is -1.70. The van der Waals surface area contributed by atoms with E-state index in [1.165, 1.54) is 0 Å². The molecule has 3 heterocycles. The monoisotopic (exact) mass is 536 g/mol. The summed E-state index contributed by atoms with van der Waals surface area (Å²) in [6.45, 7) is 1.84. The maximum atomic E-state index is 13.3. The fourth-order valence-electron chi connectivity index (χ4n) is 4.38. The number of benzene rings is 2. The van der Waals surface area contributed by atoms with Crippen LogP contribution >= 0.6 is 15.9 Å². The van der Waals surface area contributed by atoms with Crippen LogP contribution in [0, 0.1) is 0 Å². The van der Waals surface area contributed by atoms with E-state index in [-0.39, 0.29) is 0 Å². The Morgan fingerprint density at radius 2 is 1.43 bits per heavy atom. The molecule has 2 saturated heterocycles. The van der Waals surface area contributed by atoms with Crippen LogP contribution in [-0.2, 0) is 15.1 Å². The lowest BCUT2D eigenvalue weighted by molar-refractivity contribution is -0.149. The van der Waals surface area contributed by atoms with Gasteiger partial charge in [-0.2, -0.15) is 0 Å². The summed E-state index contributed by atoms with van der Waals surface area (Å²) in [7, 11) is 0. The first-order valence-corrected chi connectivity index (χ1v) is 11.7. The summed E-state index contributed by atoms with van der Waals surface area (Å²) < 4.78 is 6.81. The van der Waals surface area contributed by atoms with Gasteiger partial charge in [0.15, 0.2) is 0 Å². The number of anilines is 1. The molecular weight excluding hydrogens is 516 g/mol. The van der Waals surface area contributed by atoms with Crippen molar-refractivity contribution in [1.82, 2.24) is 25.5 Å². The third kappa shape index (κ3) is 4.35. The molecule has 10 nitrogen and oxygen atoms in total. The van der Waals surface area contributed by atoms with Crippen molar-refractivity contribution in [2.24, 2.45) is 0 Å². The van der Waals surface area contributed by atoms with E-state index >= 15 is 0 Å². The van der Waals surface area contributed by atoms with E-state index in [2.05, 4.69) is 36.5 Å². The number of halogens is 1. The predicted molar refractivity (Wildman–Crippen MR) is 130 cm³/mol. The van der Waals surface area contributed by atoms with Gasteiger partial charge in [0.1, 0.15) is 17.3 Å². The van der Waals surface area contributed by atoms with Crippen molar-refractivity contribution in [2.75, 3.05) is 31.1 Å². The van der Waals surface area contributed by atoms with Crippen LogP contribution in [0.1, 0.15) is 5.56 Å². The van der Waals surface area contributed by atoms with Crippen molar-refractivity contribution >= 4 is 39.6 Å². The standard InChI is InChI=1S/C24H21BrN6O4/c25-17-3-7-19(8-4-17)35-18-5-1-16(2-6-18)24(21(32)28-23(34)29-22(24)33)31-13-11-30(12-14-31)20-15-26-9-10-27-20/h1-10,15H,11-14H2,(H2,28,29,32,33,34). The maximum Gasteiger partial charge on any atom is 0.328 e. The zero-order valence-electron chi connectivity index (χ0n) is 18.5. The predicted octanol–water partition coefficient (Wildman–Crippen LogP) is 2.41. The Morgan fingerprint density at radius 1 is 0.829 bits per heavy atom. The van der Waals surface area contributed by atoms with Crippen molar-refractivity contribution in [1.29, 1.82) is 0 Å². The maximum absolute atomic E-state index is 13.3. The lowest BCUT2D eigenvalue weighted by atomic mass is 9.84. The molecule has 0 saturated carbocycles. The molecule has 2 aliphatic rings. The quantitative estimate of drug-likeness (QED) is 0.477. The summed E-state index contributed by atoms with van der Waals surface area (Å²) in [4.78, 5) is 50.7. The second-order valence-corrected chi connectivity index (χ2v) is 8.98. The van der Waals surface area contributed by atoms with E-state index in [0.29, 0.717) is 43.2 Å². The largest absolute Gasteiger partial charge is 0.457 e. The Morgan fingerprint density at radius 3 is 2.00 bits per heavy atom. The third-order valence-electron chi connectivity index (χ3n) is 6.06. The Hall–Kier alpha value is -3.83. The molecule has 4 amide bonds. The Bertz CT molecular complexity index is 1230. The van der Waals surface area contributed by atoms with Crippen LogP contribution in [-0.4, -0.2) is 58.9 Å². The number of rotatable bonds is 5. The molecule has 5 rings (SSSR count). The number of hydrogen-bond donors (Lipinski definition) is 2. The molecule has 0 unspecified atom stereocenters. The molecule has 2 aliphatic heterocycles. The Labute approximate surface area is 209 Å². The van der Waals surface area contributed by atoms with Crippen molar-refractivity contribution in [3.63, 3.8) is 0 Å². The number of barbiturate groups is 1. The average Bonchev–Trinajstić information content (AvgIpc) is 2.87. The summed E-state index contributed by atoms with van der Waals surface area (Å²) in [6.07, 6.45) is 4.90. The third-order valence-corrected chi connectivity index (χ3v) is 6.59. The molecule has 1 aromatic heterocycles. The fourth-order valence-corrected chi connectivity index (χ4v) is 4.65. The van der Waals surface area contributed by atoms with Crippen molar-refractivity contribution < 1.29 is 19.1 Å². The summed E-state index contributed by atoms with van der Waals surface area (Å²) in [5, 5.41) is 4.55. The van der Waals surface area contributed by atoms with Gasteiger partial charge >= 0.3 is 6.03 Å². The van der Waals surface area contributed by atoms with E-state index < -0.39 is 23.4 Å². The van der Waals surface area contributed by atoms with Crippen LogP contribution in [0.5, 0.6) is 11.5 Å². The van der Waals surface area contributed by atoms with E-state index in [1.807, 2.05) is 29.2 Å². The molecule has 35 heavy (non-hydrogen) atoms. The molecule has 0 bridgehead atoms. The van der Waals surface area contributed by atoms with Crippen molar-refractivity contribution in [3.8, 4) is 11.5 Å². The first kappa shape index (κ1) is 22.9. The number of ether oxygens (including phenoxy) is 1. The van der Waals surface area contributed by atoms with Gasteiger partial charge < -0.3 is 9.64 Å². The van der Waals surface area contributed by atoms with Gasteiger partial charge in [0.05, 0.1) is 6.20 Å². The van der Waals surface area contributed by atoms with E-state index in [0.717, 1.165) is 10.3 Å². The van der Waals surface area contributed by atoms with Crippen LogP contribution in [0.3, 0.4) is 0 Å². The topological polar surface area (TPSA) is 117 Å². The first-order valence-electron chi connectivity index (χ1n) is 10.9. The molecule has 2 fully saturated rings. The number of urea groups is 1. The summed E-state index contributed by atoms with van der Waals surface area (Å²) in [5.41, 5.74) is -1.26. The average molecular weight is 537 g/mol. The van der Waals surface area contributed by atoms with Gasteiger partial charge in [0.25, 0.3) is 11.8 Å². The first-order chi connectivity index (χ1) is 17.0. The van der Waals surface area contributed by atoms with E-state index in [4.69, 9.17) is 4.74 Å². The highest BCUT2D eigenvalue weighted by atomic mass is 79.9. The van der Waals surface area contributed by atoms with E-state index in [1.54, 1.807) is 47.8 Å². The zero-order chi connectivity index (χ0) is 24.4. The molecule has 2 aromatic carbocycles. The van der Waals surface area contributed by atoms with Crippen molar-refractivity contribution in [2.45, 2.75) is 5.54 Å². The number of amides is 4. The van der Waals surface area contributed by atoms with Crippen LogP contribution in [0.15, 0.2) is 71.6 Å². The van der Waals surface area contributed by atoms with E-state index in [9.17, 15) is 14.4 Å². The normalized spacial score (nSPS) is 18.1. The Kier molecular flexibility index (Phi) is 6.18. The highest BCUT2D eigenvalue weighted by molar-refractivity contribution is 9.10. The minimum absolute atomic E-state index is 0.392. The number of hydrogen-bond acceptors (Lipinski definition) is 8. The van der Waals surface area contributed by atoms with Crippen LogP contribution in [0.25, 0.3) is 0 Å². The molecular formula is C24H21BrN6O4. The fraction of sp³-hybridized carbons (Fsp3) is 0.208. The van der Waals surface area contributed by atoms with Gasteiger partial charge in [-0.1, -0.05) is 28.1 Å². The van der Waals surface area contributed by atoms with Crippen LogP contribution in [0.2, 0.25) is 0 Å². The van der Waals surface area contributed by atoms with Crippen LogP contribution in [0.4, 0.5) is 10.6 Å². The number of nitrogens with one attached hydrogen (secondary N) is 2. The molecule has 0 aliphatic carbocycles. The summed E-state index contributed by atoms with van der Waals surface area (Å²) in [5.74, 6) is 0.561. The van der Waals surface area contributed by atoms with Gasteiger partial charge in [-0.3, -0.25) is 30.1 Å². The zero-order valence-corrected chi connectivity index (χ0v) is 20.1. The summed E-state index contributed by atoms with van der Waals surface area (Å²) in [6, 6.07) is 13.3. The van der Waals surface area contributed by atoms with Gasteiger partial charge in [-0.05, 0) is 42.0 Å². The lowest BCUT2D eigenvalue weighted by Crippen LogP contribution is -2.73. The number of nitrogens with zero attached hydrogens (tertiary/aromatic N) is 4. The number of carbonyl (C=O) groups is 3. The van der Waals surface area contributed by atoms with Gasteiger partial charge in [-0.25, -0.2) is 9.78 Å². The molecule has 3 aromatic rings. The molecule has 0 spiro atoms. The second-order valence-electron chi connectivity index (χ2n) is 8.07. The number of aromatic nitrogens is 2. The van der Waals surface area contributed by atoms with Gasteiger partial charge in [0.2, 0.25) is 5.54 Å². The smallest absolute Gasteiger partial charge is 0.328 e. The van der Waals surface area contributed by atoms with Crippen molar-refractivity contribution in [3.05, 3.63) is 77.2 Å². The lowest BCUT2D eigenvalue weighted by Gasteiger charge is -2.46. The SMILES string of the molecule is O=C1NC(=O)C(c2ccc(Oc3ccc(Br)cc3)cc2)(N2CCN(c3cnccn3)CC2)C(=O)N1. The number of piperazine rings is 1. The second kappa shape index (κ2) is 9.43. The number of imide groups is 2. The molecule has 2 N–H and O–H groups in total. The highest BCUT2D eigenvalue weighted by Gasteiger charge is 2.56. The Balaban J connectivity index is 1.43. The van der Waals surface area contributed by atoms with Gasteiger partial charge in [0, 0.05) is 43.0 Å². The minimum Gasteiger partial charge on any atom is -0.457 e. The number of carbonyl (C=O) groups excluding carboxylic acids is 3.